The molecule has 6 heteroatoms. The number of hydrogen-bond donors (Lipinski definition) is 0. The minimum absolute atomic E-state index is 0.112. The lowest BCUT2D eigenvalue weighted by atomic mass is 10.1. The molecule has 0 radical (unpaired) electrons. The molecule has 21 heavy (non-hydrogen) atoms. The summed E-state index contributed by atoms with van der Waals surface area (Å²) in [5.41, 5.74) is 0.943. The molecule has 118 valence electrons. The van der Waals surface area contributed by atoms with Crippen LogP contribution >= 0.6 is 0 Å². The van der Waals surface area contributed by atoms with Gasteiger partial charge in [0.15, 0.2) is 0 Å². The van der Waals surface area contributed by atoms with Gasteiger partial charge in [-0.05, 0) is 31.0 Å². The summed E-state index contributed by atoms with van der Waals surface area (Å²) in [4.78, 5) is 13.8. The molecule has 0 N–H and O–H groups in total. The lowest BCUT2D eigenvalue weighted by Gasteiger charge is -2.28. The highest BCUT2D eigenvalue weighted by atomic mass is 32.2. The molecule has 0 aromatic heterocycles. The summed E-state index contributed by atoms with van der Waals surface area (Å²) < 4.78 is 26.9. The van der Waals surface area contributed by atoms with Crippen molar-refractivity contribution in [3.05, 3.63) is 29.8 Å². The molecular formula is C15H23NO4S. The van der Waals surface area contributed by atoms with Crippen LogP contribution in [0.15, 0.2) is 24.3 Å². The fourth-order valence-corrected chi connectivity index (χ4v) is 2.40. The molecule has 1 atom stereocenters. The van der Waals surface area contributed by atoms with E-state index in [1.54, 1.807) is 24.3 Å². The van der Waals surface area contributed by atoms with Crippen molar-refractivity contribution in [2.45, 2.75) is 46.2 Å². The van der Waals surface area contributed by atoms with Gasteiger partial charge in [-0.1, -0.05) is 26.0 Å². The Morgan fingerprint density at radius 3 is 2.24 bits per heavy atom. The Bertz CT molecular complexity index is 566. The highest BCUT2D eigenvalue weighted by Crippen LogP contribution is 2.17. The topological polar surface area (TPSA) is 63.7 Å². The molecule has 0 spiro atoms. The first-order valence-corrected chi connectivity index (χ1v) is 8.86. The number of hydrogen-bond acceptors (Lipinski definition) is 4. The molecule has 0 aliphatic carbocycles. The van der Waals surface area contributed by atoms with Gasteiger partial charge in [0.1, 0.15) is 5.75 Å². The maximum Gasteiger partial charge on any atom is 0.306 e. The predicted octanol–water partition coefficient (Wildman–Crippen LogP) is 2.56. The minimum atomic E-state index is -3.51. The molecule has 0 fully saturated rings. The third-order valence-corrected chi connectivity index (χ3v) is 3.76. The van der Waals surface area contributed by atoms with E-state index in [0.717, 1.165) is 18.2 Å². The van der Waals surface area contributed by atoms with Crippen LogP contribution in [0.3, 0.4) is 0 Å². The molecular weight excluding hydrogens is 290 g/mol. The van der Waals surface area contributed by atoms with Gasteiger partial charge >= 0.3 is 10.1 Å². The normalized spacial score (nSPS) is 12.8. The van der Waals surface area contributed by atoms with E-state index < -0.39 is 10.1 Å². The number of nitrogens with zero attached hydrogens (tertiary/aromatic N) is 1. The summed E-state index contributed by atoms with van der Waals surface area (Å²) in [5.74, 6) is 0.388. The van der Waals surface area contributed by atoms with Gasteiger partial charge in [-0.2, -0.15) is 8.42 Å². The third kappa shape index (κ3) is 5.75. The van der Waals surface area contributed by atoms with Crippen LogP contribution in [0.5, 0.6) is 5.75 Å². The molecule has 0 bridgehead atoms. The Balaban J connectivity index is 2.83. The predicted molar refractivity (Wildman–Crippen MR) is 82.5 cm³/mol. The second-order valence-corrected chi connectivity index (χ2v) is 6.64. The van der Waals surface area contributed by atoms with Gasteiger partial charge in [0.2, 0.25) is 5.91 Å². The van der Waals surface area contributed by atoms with Crippen molar-refractivity contribution in [2.75, 3.05) is 6.26 Å². The lowest BCUT2D eigenvalue weighted by Crippen LogP contribution is -2.37. The first-order valence-electron chi connectivity index (χ1n) is 7.04. The summed E-state index contributed by atoms with van der Waals surface area (Å²) in [6.45, 7) is 6.43. The average molecular weight is 313 g/mol. The molecule has 5 nitrogen and oxygen atoms in total. The summed E-state index contributed by atoms with van der Waals surface area (Å²) in [5, 5.41) is 0. The summed E-state index contributed by atoms with van der Waals surface area (Å²) >= 11 is 0. The molecule has 0 aliphatic heterocycles. The van der Waals surface area contributed by atoms with Gasteiger partial charge in [-0.3, -0.25) is 4.79 Å². The van der Waals surface area contributed by atoms with Crippen LogP contribution in [-0.4, -0.2) is 31.5 Å². The van der Waals surface area contributed by atoms with Crippen LogP contribution in [0.4, 0.5) is 0 Å². The Morgan fingerprint density at radius 1 is 1.24 bits per heavy atom. The van der Waals surface area contributed by atoms with E-state index in [1.165, 1.54) is 0 Å². The zero-order chi connectivity index (χ0) is 16.0. The monoisotopic (exact) mass is 313 g/mol. The molecule has 1 unspecified atom stereocenters. The number of carbonyl (C=O) groups is 1. The number of rotatable bonds is 7. The second kappa shape index (κ2) is 7.45. The van der Waals surface area contributed by atoms with Crippen molar-refractivity contribution >= 4 is 16.0 Å². The number of benzene rings is 1. The SMILES string of the molecule is CCC(=O)N(Cc1ccc(OS(C)(=O)=O)cc1)C(C)CC. The van der Waals surface area contributed by atoms with Crippen molar-refractivity contribution in [1.29, 1.82) is 0 Å². The van der Waals surface area contributed by atoms with E-state index in [0.29, 0.717) is 13.0 Å². The molecule has 1 rings (SSSR count). The Hall–Kier alpha value is -1.56. The maximum atomic E-state index is 12.0. The molecule has 1 aromatic rings. The Kier molecular flexibility index (Phi) is 6.20. The third-order valence-electron chi connectivity index (χ3n) is 3.27. The molecule has 1 amide bonds. The first kappa shape index (κ1) is 17.5. The molecule has 0 aliphatic rings. The molecule has 0 saturated heterocycles. The summed E-state index contributed by atoms with van der Waals surface area (Å²) in [6, 6.07) is 6.92. The number of carbonyl (C=O) groups excluding carboxylic acids is 1. The fraction of sp³-hybridized carbons (Fsp3) is 0.533. The van der Waals surface area contributed by atoms with Crippen LogP contribution in [0.25, 0.3) is 0 Å². The number of amides is 1. The molecule has 1 aromatic carbocycles. The van der Waals surface area contributed by atoms with E-state index in [9.17, 15) is 13.2 Å². The van der Waals surface area contributed by atoms with Crippen molar-refractivity contribution in [3.63, 3.8) is 0 Å². The van der Waals surface area contributed by atoms with Gasteiger partial charge in [0, 0.05) is 19.0 Å². The van der Waals surface area contributed by atoms with Crippen molar-refractivity contribution in [3.8, 4) is 5.75 Å². The smallest absolute Gasteiger partial charge is 0.306 e. The van der Waals surface area contributed by atoms with Crippen molar-refractivity contribution in [1.82, 2.24) is 4.90 Å². The van der Waals surface area contributed by atoms with E-state index in [-0.39, 0.29) is 17.7 Å². The van der Waals surface area contributed by atoms with Crippen LogP contribution < -0.4 is 4.18 Å². The summed E-state index contributed by atoms with van der Waals surface area (Å²) in [6.07, 6.45) is 2.37. The first-order chi connectivity index (χ1) is 9.76. The van der Waals surface area contributed by atoms with Crippen LogP contribution in [0.1, 0.15) is 39.2 Å². The van der Waals surface area contributed by atoms with E-state index in [2.05, 4.69) is 0 Å². The van der Waals surface area contributed by atoms with Crippen LogP contribution in [-0.2, 0) is 21.5 Å². The van der Waals surface area contributed by atoms with E-state index in [1.807, 2.05) is 25.7 Å². The van der Waals surface area contributed by atoms with Crippen LogP contribution in [0, 0.1) is 0 Å². The lowest BCUT2D eigenvalue weighted by molar-refractivity contribution is -0.133. The van der Waals surface area contributed by atoms with Gasteiger partial charge in [-0.25, -0.2) is 0 Å². The van der Waals surface area contributed by atoms with Gasteiger partial charge in [0.25, 0.3) is 0 Å². The van der Waals surface area contributed by atoms with Crippen molar-refractivity contribution in [2.24, 2.45) is 0 Å². The summed E-state index contributed by atoms with van der Waals surface area (Å²) in [7, 11) is -3.51. The largest absolute Gasteiger partial charge is 0.383 e. The highest BCUT2D eigenvalue weighted by molar-refractivity contribution is 7.86. The maximum absolute atomic E-state index is 12.0. The minimum Gasteiger partial charge on any atom is -0.383 e. The van der Waals surface area contributed by atoms with Gasteiger partial charge in [0.05, 0.1) is 6.26 Å². The zero-order valence-corrected chi connectivity index (χ0v) is 13.8. The molecule has 0 saturated carbocycles. The Labute approximate surface area is 127 Å². The fourth-order valence-electron chi connectivity index (χ4n) is 1.94. The highest BCUT2D eigenvalue weighted by Gasteiger charge is 2.17. The van der Waals surface area contributed by atoms with Gasteiger partial charge in [-0.15, -0.1) is 0 Å². The average Bonchev–Trinajstić information content (AvgIpc) is 2.43. The zero-order valence-electron chi connectivity index (χ0n) is 13.0. The van der Waals surface area contributed by atoms with Gasteiger partial charge < -0.3 is 9.08 Å². The standard InChI is InChI=1S/C15H23NO4S/c1-5-12(3)16(15(17)6-2)11-13-7-9-14(10-8-13)20-21(4,18)19/h7-10,12H,5-6,11H2,1-4H3. The van der Waals surface area contributed by atoms with E-state index in [4.69, 9.17) is 4.18 Å². The Morgan fingerprint density at radius 2 is 1.81 bits per heavy atom. The van der Waals surface area contributed by atoms with Crippen molar-refractivity contribution < 1.29 is 17.4 Å². The second-order valence-electron chi connectivity index (χ2n) is 5.06. The quantitative estimate of drug-likeness (QED) is 0.726. The van der Waals surface area contributed by atoms with Crippen LogP contribution in [0.2, 0.25) is 0 Å². The van der Waals surface area contributed by atoms with E-state index >= 15 is 0 Å². The molecule has 0 heterocycles.